The van der Waals surface area contributed by atoms with Crippen molar-refractivity contribution in [3.63, 3.8) is 0 Å². The van der Waals surface area contributed by atoms with Crippen LogP contribution in [0.2, 0.25) is 0 Å². The van der Waals surface area contributed by atoms with Crippen molar-refractivity contribution in [3.8, 4) is 0 Å². The maximum atomic E-state index is 9.55. The number of aryl methyl sites for hydroxylation is 1. The lowest BCUT2D eigenvalue weighted by molar-refractivity contribution is 0.172. The fourth-order valence-electron chi connectivity index (χ4n) is 1.11. The van der Waals surface area contributed by atoms with E-state index in [1.54, 1.807) is 0 Å². The van der Waals surface area contributed by atoms with Gasteiger partial charge in [0.2, 0.25) is 0 Å². The molecule has 2 nitrogen and oxygen atoms in total. The molecule has 1 aromatic rings. The Morgan fingerprint density at radius 3 is 2.75 bits per heavy atom. The van der Waals surface area contributed by atoms with Gasteiger partial charge in [0.05, 0.1) is 6.10 Å². The van der Waals surface area contributed by atoms with Crippen LogP contribution in [0.1, 0.15) is 30.7 Å². The molecule has 66 valence electrons. The van der Waals surface area contributed by atoms with Gasteiger partial charge in [-0.3, -0.25) is 0 Å². The van der Waals surface area contributed by atoms with E-state index in [4.69, 9.17) is 0 Å². The highest BCUT2D eigenvalue weighted by molar-refractivity contribution is 9.10. The van der Waals surface area contributed by atoms with Crippen LogP contribution in [0.25, 0.3) is 0 Å². The topological polar surface area (TPSA) is 33.1 Å². The maximum absolute atomic E-state index is 9.55. The summed E-state index contributed by atoms with van der Waals surface area (Å²) in [7, 11) is 0. The van der Waals surface area contributed by atoms with Crippen LogP contribution in [0.15, 0.2) is 16.7 Å². The third kappa shape index (κ3) is 2.05. The van der Waals surface area contributed by atoms with E-state index in [-0.39, 0.29) is 6.10 Å². The zero-order chi connectivity index (χ0) is 9.14. The molecule has 12 heavy (non-hydrogen) atoms. The van der Waals surface area contributed by atoms with Crippen LogP contribution in [0.4, 0.5) is 0 Å². The molecule has 0 aromatic carbocycles. The Labute approximate surface area is 80.8 Å². The SMILES string of the molecule is CCC(O)c1ccc(Br)nc1C. The fourth-order valence-corrected chi connectivity index (χ4v) is 1.51. The highest BCUT2D eigenvalue weighted by atomic mass is 79.9. The second-order valence-electron chi connectivity index (χ2n) is 2.73. The van der Waals surface area contributed by atoms with Crippen LogP contribution >= 0.6 is 15.9 Å². The predicted molar refractivity (Wildman–Crippen MR) is 51.9 cm³/mol. The number of hydrogen-bond donors (Lipinski definition) is 1. The number of halogens is 1. The van der Waals surface area contributed by atoms with Gasteiger partial charge in [-0.2, -0.15) is 0 Å². The van der Waals surface area contributed by atoms with Crippen molar-refractivity contribution in [3.05, 3.63) is 28.0 Å². The molecule has 0 radical (unpaired) electrons. The molecule has 0 aliphatic carbocycles. The van der Waals surface area contributed by atoms with E-state index >= 15 is 0 Å². The van der Waals surface area contributed by atoms with E-state index in [1.807, 2.05) is 26.0 Å². The third-order valence-electron chi connectivity index (χ3n) is 1.84. The van der Waals surface area contributed by atoms with Gasteiger partial charge in [0.15, 0.2) is 0 Å². The number of aliphatic hydroxyl groups excluding tert-OH is 1. The minimum Gasteiger partial charge on any atom is -0.388 e. The van der Waals surface area contributed by atoms with Crippen molar-refractivity contribution in [2.75, 3.05) is 0 Å². The summed E-state index contributed by atoms with van der Waals surface area (Å²) in [5.74, 6) is 0. The number of pyridine rings is 1. The van der Waals surface area contributed by atoms with Gasteiger partial charge in [-0.15, -0.1) is 0 Å². The summed E-state index contributed by atoms with van der Waals surface area (Å²) in [4.78, 5) is 4.20. The first-order chi connectivity index (χ1) is 5.65. The van der Waals surface area contributed by atoms with Crippen molar-refractivity contribution in [1.82, 2.24) is 4.98 Å². The van der Waals surface area contributed by atoms with E-state index < -0.39 is 0 Å². The maximum Gasteiger partial charge on any atom is 0.106 e. The lowest BCUT2D eigenvalue weighted by Gasteiger charge is -2.10. The van der Waals surface area contributed by atoms with E-state index in [1.165, 1.54) is 0 Å². The standard InChI is InChI=1S/C9H12BrNO/c1-3-8(12)7-4-5-9(10)11-6(7)2/h4-5,8,12H,3H2,1-2H3. The molecule has 0 saturated carbocycles. The average molecular weight is 230 g/mol. The highest BCUT2D eigenvalue weighted by Crippen LogP contribution is 2.20. The highest BCUT2D eigenvalue weighted by Gasteiger charge is 2.08. The van der Waals surface area contributed by atoms with Gasteiger partial charge in [0, 0.05) is 11.3 Å². The molecule has 1 N–H and O–H groups in total. The zero-order valence-electron chi connectivity index (χ0n) is 7.21. The molecule has 0 bridgehead atoms. The Kier molecular flexibility index (Phi) is 3.23. The van der Waals surface area contributed by atoms with Crippen molar-refractivity contribution < 1.29 is 5.11 Å². The number of rotatable bonds is 2. The molecule has 1 atom stereocenters. The van der Waals surface area contributed by atoms with Gasteiger partial charge < -0.3 is 5.11 Å². The van der Waals surface area contributed by atoms with E-state index in [0.717, 1.165) is 22.3 Å². The summed E-state index contributed by atoms with van der Waals surface area (Å²) in [6.07, 6.45) is 0.343. The van der Waals surface area contributed by atoms with Gasteiger partial charge in [0.1, 0.15) is 4.60 Å². The minimum absolute atomic E-state index is 0.384. The summed E-state index contributed by atoms with van der Waals surface area (Å²) in [5, 5.41) is 9.55. The molecule has 1 rings (SSSR count). The lowest BCUT2D eigenvalue weighted by atomic mass is 10.1. The second-order valence-corrected chi connectivity index (χ2v) is 3.55. The van der Waals surface area contributed by atoms with Crippen LogP contribution in [-0.4, -0.2) is 10.1 Å². The molecule has 0 aliphatic rings. The smallest absolute Gasteiger partial charge is 0.106 e. The Morgan fingerprint density at radius 1 is 1.58 bits per heavy atom. The monoisotopic (exact) mass is 229 g/mol. The number of aromatic nitrogens is 1. The summed E-state index contributed by atoms with van der Waals surface area (Å²) < 4.78 is 0.812. The van der Waals surface area contributed by atoms with Crippen LogP contribution in [0.3, 0.4) is 0 Å². The molecule has 1 unspecified atom stereocenters. The quantitative estimate of drug-likeness (QED) is 0.792. The molecular weight excluding hydrogens is 218 g/mol. The Hall–Kier alpha value is -0.410. The molecule has 0 spiro atoms. The molecule has 3 heteroatoms. The Balaban J connectivity index is 3.01. The first-order valence-electron chi connectivity index (χ1n) is 3.96. The fraction of sp³-hybridized carbons (Fsp3) is 0.444. The molecule has 1 heterocycles. The van der Waals surface area contributed by atoms with Crippen LogP contribution < -0.4 is 0 Å². The molecule has 0 fully saturated rings. The van der Waals surface area contributed by atoms with E-state index in [9.17, 15) is 5.11 Å². The Morgan fingerprint density at radius 2 is 2.25 bits per heavy atom. The summed E-state index contributed by atoms with van der Waals surface area (Å²) in [5.41, 5.74) is 1.81. The average Bonchev–Trinajstić information content (AvgIpc) is 2.03. The first kappa shape index (κ1) is 9.68. The molecule has 0 amide bonds. The van der Waals surface area contributed by atoms with E-state index in [0.29, 0.717) is 0 Å². The van der Waals surface area contributed by atoms with Crippen LogP contribution in [0, 0.1) is 6.92 Å². The van der Waals surface area contributed by atoms with Crippen molar-refractivity contribution in [1.29, 1.82) is 0 Å². The predicted octanol–water partition coefficient (Wildman–Crippen LogP) is 2.60. The third-order valence-corrected chi connectivity index (χ3v) is 2.28. The number of aliphatic hydroxyl groups is 1. The van der Waals surface area contributed by atoms with Gasteiger partial charge in [0.25, 0.3) is 0 Å². The van der Waals surface area contributed by atoms with Crippen molar-refractivity contribution in [2.45, 2.75) is 26.4 Å². The van der Waals surface area contributed by atoms with Crippen molar-refractivity contribution >= 4 is 15.9 Å². The molecule has 1 aromatic heterocycles. The van der Waals surface area contributed by atoms with Gasteiger partial charge in [-0.05, 0) is 35.3 Å². The normalized spacial score (nSPS) is 13.0. The minimum atomic E-state index is -0.384. The number of nitrogens with zero attached hydrogens (tertiary/aromatic N) is 1. The molecule has 0 aliphatic heterocycles. The zero-order valence-corrected chi connectivity index (χ0v) is 8.80. The summed E-state index contributed by atoms with van der Waals surface area (Å²) >= 11 is 3.27. The van der Waals surface area contributed by atoms with Gasteiger partial charge in [-0.1, -0.05) is 13.0 Å². The van der Waals surface area contributed by atoms with Crippen LogP contribution in [0.5, 0.6) is 0 Å². The van der Waals surface area contributed by atoms with Crippen LogP contribution in [-0.2, 0) is 0 Å². The Bertz CT molecular complexity index is 275. The molecular formula is C9H12BrNO. The first-order valence-corrected chi connectivity index (χ1v) is 4.75. The van der Waals surface area contributed by atoms with Crippen molar-refractivity contribution in [2.24, 2.45) is 0 Å². The van der Waals surface area contributed by atoms with Gasteiger partial charge in [-0.25, -0.2) is 4.98 Å². The second kappa shape index (κ2) is 4.01. The van der Waals surface area contributed by atoms with E-state index in [2.05, 4.69) is 20.9 Å². The van der Waals surface area contributed by atoms with Gasteiger partial charge >= 0.3 is 0 Å². The summed E-state index contributed by atoms with van der Waals surface area (Å²) in [6.45, 7) is 3.85. The number of hydrogen-bond acceptors (Lipinski definition) is 2. The largest absolute Gasteiger partial charge is 0.388 e. The summed E-state index contributed by atoms with van der Waals surface area (Å²) in [6, 6.07) is 3.75. The lowest BCUT2D eigenvalue weighted by Crippen LogP contribution is -1.99. The molecule has 0 saturated heterocycles.